The molecule has 8 heteroatoms. The van der Waals surface area contributed by atoms with Crippen molar-refractivity contribution in [3.63, 3.8) is 0 Å². The number of amides is 1. The van der Waals surface area contributed by atoms with E-state index in [9.17, 15) is 22.8 Å². The van der Waals surface area contributed by atoms with Crippen molar-refractivity contribution in [1.82, 2.24) is 9.78 Å². The van der Waals surface area contributed by atoms with Crippen LogP contribution < -0.4 is 10.9 Å². The molecule has 0 aliphatic heterocycles. The summed E-state index contributed by atoms with van der Waals surface area (Å²) in [7, 11) is 0. The topological polar surface area (TPSA) is 64.0 Å². The predicted molar refractivity (Wildman–Crippen MR) is 88.3 cm³/mol. The monoisotopic (exact) mass is 359 g/mol. The van der Waals surface area contributed by atoms with Crippen LogP contribution in [0.15, 0.2) is 59.4 Å². The summed E-state index contributed by atoms with van der Waals surface area (Å²) in [5, 5.41) is 6.04. The average Bonchev–Trinajstić information content (AvgIpc) is 2.65. The lowest BCUT2D eigenvalue weighted by atomic mass is 10.2. The van der Waals surface area contributed by atoms with Crippen molar-refractivity contribution in [2.24, 2.45) is 0 Å². The summed E-state index contributed by atoms with van der Waals surface area (Å²) in [5.41, 5.74) is -0.336. The summed E-state index contributed by atoms with van der Waals surface area (Å²) < 4.78 is 40.9. The van der Waals surface area contributed by atoms with Gasteiger partial charge in [-0.3, -0.25) is 9.59 Å². The molecule has 3 rings (SSSR count). The lowest BCUT2D eigenvalue weighted by Crippen LogP contribution is -2.26. The van der Waals surface area contributed by atoms with Crippen LogP contribution in [0, 0.1) is 17.5 Å². The van der Waals surface area contributed by atoms with Gasteiger partial charge in [-0.2, -0.15) is 5.10 Å². The third-order valence-electron chi connectivity index (χ3n) is 3.56. The van der Waals surface area contributed by atoms with Gasteiger partial charge in [0, 0.05) is 6.07 Å². The molecular formula is C18H12F3N3O2. The van der Waals surface area contributed by atoms with Gasteiger partial charge in [-0.05, 0) is 23.8 Å². The van der Waals surface area contributed by atoms with Crippen LogP contribution in [0.4, 0.5) is 18.9 Å². The zero-order valence-electron chi connectivity index (χ0n) is 13.2. The van der Waals surface area contributed by atoms with E-state index in [-0.39, 0.29) is 12.2 Å². The quantitative estimate of drug-likeness (QED) is 0.729. The SMILES string of the molecule is O=C(Nc1ccc(F)c(F)c1F)c1ccc(=O)n(Cc2ccccc2)n1. The number of rotatable bonds is 4. The summed E-state index contributed by atoms with van der Waals surface area (Å²) in [4.78, 5) is 24.1. The Labute approximate surface area is 145 Å². The highest BCUT2D eigenvalue weighted by molar-refractivity contribution is 6.02. The van der Waals surface area contributed by atoms with Gasteiger partial charge in [0.15, 0.2) is 17.5 Å². The van der Waals surface area contributed by atoms with Crippen LogP contribution >= 0.6 is 0 Å². The first kappa shape index (κ1) is 17.4. The molecule has 0 saturated heterocycles. The fraction of sp³-hybridized carbons (Fsp3) is 0.0556. The zero-order valence-corrected chi connectivity index (χ0v) is 13.2. The molecule has 1 N–H and O–H groups in total. The average molecular weight is 359 g/mol. The van der Waals surface area contributed by atoms with Crippen molar-refractivity contribution in [3.05, 3.63) is 93.7 Å². The van der Waals surface area contributed by atoms with Crippen LogP contribution in [0.3, 0.4) is 0 Å². The Bertz CT molecular complexity index is 1020. The fourth-order valence-electron chi connectivity index (χ4n) is 2.25. The van der Waals surface area contributed by atoms with Gasteiger partial charge < -0.3 is 5.32 Å². The molecule has 0 aliphatic rings. The second-order valence-corrected chi connectivity index (χ2v) is 5.38. The molecule has 0 bridgehead atoms. The van der Waals surface area contributed by atoms with E-state index in [1.807, 2.05) is 6.07 Å². The minimum Gasteiger partial charge on any atom is -0.318 e. The van der Waals surface area contributed by atoms with Gasteiger partial charge >= 0.3 is 0 Å². The first-order valence-electron chi connectivity index (χ1n) is 7.52. The number of aromatic nitrogens is 2. The normalized spacial score (nSPS) is 10.6. The van der Waals surface area contributed by atoms with E-state index in [0.717, 1.165) is 28.4 Å². The maximum atomic E-state index is 13.7. The Morgan fingerprint density at radius 3 is 2.42 bits per heavy atom. The number of hydrogen-bond donors (Lipinski definition) is 1. The van der Waals surface area contributed by atoms with Crippen LogP contribution in [-0.2, 0) is 6.54 Å². The van der Waals surface area contributed by atoms with Crippen molar-refractivity contribution in [1.29, 1.82) is 0 Å². The van der Waals surface area contributed by atoms with Crippen molar-refractivity contribution in [2.45, 2.75) is 6.54 Å². The van der Waals surface area contributed by atoms with Crippen molar-refractivity contribution >= 4 is 11.6 Å². The molecule has 0 saturated carbocycles. The highest BCUT2D eigenvalue weighted by Crippen LogP contribution is 2.20. The second kappa shape index (κ2) is 7.22. The van der Waals surface area contributed by atoms with Gasteiger partial charge in [0.1, 0.15) is 5.69 Å². The van der Waals surface area contributed by atoms with Gasteiger partial charge in [0.2, 0.25) is 0 Å². The number of hydrogen-bond acceptors (Lipinski definition) is 3. The molecule has 0 spiro atoms. The molecular weight excluding hydrogens is 347 g/mol. The number of nitrogens with zero attached hydrogens (tertiary/aromatic N) is 2. The van der Waals surface area contributed by atoms with E-state index in [1.54, 1.807) is 24.3 Å². The third-order valence-corrected chi connectivity index (χ3v) is 3.56. The van der Waals surface area contributed by atoms with Crippen molar-refractivity contribution < 1.29 is 18.0 Å². The van der Waals surface area contributed by atoms with Gasteiger partial charge in [0.25, 0.3) is 11.5 Å². The Morgan fingerprint density at radius 2 is 1.69 bits per heavy atom. The number of nitrogens with one attached hydrogen (secondary N) is 1. The van der Waals surface area contributed by atoms with Crippen molar-refractivity contribution in [3.8, 4) is 0 Å². The number of halogens is 3. The lowest BCUT2D eigenvalue weighted by molar-refractivity contribution is 0.101. The summed E-state index contributed by atoms with van der Waals surface area (Å²) in [6.07, 6.45) is 0. The number of benzene rings is 2. The Morgan fingerprint density at radius 1 is 0.962 bits per heavy atom. The van der Waals surface area contributed by atoms with E-state index >= 15 is 0 Å². The molecule has 0 unspecified atom stereocenters. The number of anilines is 1. The standard InChI is InChI=1S/C18H12F3N3O2/c19-12-6-7-13(17(21)16(12)20)22-18(26)14-8-9-15(25)24(23-14)10-11-4-2-1-3-5-11/h1-9H,10H2,(H,22,26). The molecule has 1 aromatic heterocycles. The molecule has 26 heavy (non-hydrogen) atoms. The molecule has 5 nitrogen and oxygen atoms in total. The zero-order chi connectivity index (χ0) is 18.7. The van der Waals surface area contributed by atoms with E-state index in [2.05, 4.69) is 10.4 Å². The molecule has 1 heterocycles. The first-order valence-corrected chi connectivity index (χ1v) is 7.52. The maximum absolute atomic E-state index is 13.7. The second-order valence-electron chi connectivity index (χ2n) is 5.38. The molecule has 0 atom stereocenters. The molecule has 0 radical (unpaired) electrons. The Kier molecular flexibility index (Phi) is 4.83. The Balaban J connectivity index is 1.85. The number of carbonyl (C=O) groups excluding carboxylic acids is 1. The first-order chi connectivity index (χ1) is 12.5. The summed E-state index contributed by atoms with van der Waals surface area (Å²) in [5.74, 6) is -5.44. The highest BCUT2D eigenvalue weighted by Gasteiger charge is 2.17. The van der Waals surface area contributed by atoms with Gasteiger partial charge in [0.05, 0.1) is 12.2 Å². The molecule has 3 aromatic rings. The minimum absolute atomic E-state index is 0.139. The number of carbonyl (C=O) groups is 1. The minimum atomic E-state index is -1.69. The van der Waals surface area contributed by atoms with Crippen LogP contribution in [0.25, 0.3) is 0 Å². The van der Waals surface area contributed by atoms with Gasteiger partial charge in [-0.25, -0.2) is 17.9 Å². The summed E-state index contributed by atoms with van der Waals surface area (Å²) in [6.45, 7) is 0.139. The molecule has 0 aliphatic carbocycles. The van der Waals surface area contributed by atoms with Crippen LogP contribution in [0.1, 0.15) is 16.1 Å². The van der Waals surface area contributed by atoms with Gasteiger partial charge in [-0.1, -0.05) is 30.3 Å². The fourth-order valence-corrected chi connectivity index (χ4v) is 2.25. The Hall–Kier alpha value is -3.42. The van der Waals surface area contributed by atoms with E-state index in [1.165, 1.54) is 0 Å². The molecule has 2 aromatic carbocycles. The van der Waals surface area contributed by atoms with Crippen LogP contribution in [0.2, 0.25) is 0 Å². The highest BCUT2D eigenvalue weighted by atomic mass is 19.2. The van der Waals surface area contributed by atoms with Crippen LogP contribution in [-0.4, -0.2) is 15.7 Å². The molecule has 132 valence electrons. The largest absolute Gasteiger partial charge is 0.318 e. The summed E-state index contributed by atoms with van der Waals surface area (Å²) in [6, 6.07) is 12.9. The lowest BCUT2D eigenvalue weighted by Gasteiger charge is -2.09. The predicted octanol–water partition coefficient (Wildman–Crippen LogP) is 2.96. The van der Waals surface area contributed by atoms with Crippen molar-refractivity contribution in [2.75, 3.05) is 5.32 Å². The van der Waals surface area contributed by atoms with E-state index in [0.29, 0.717) is 6.07 Å². The smallest absolute Gasteiger partial charge is 0.276 e. The maximum Gasteiger partial charge on any atom is 0.276 e. The summed E-state index contributed by atoms with van der Waals surface area (Å²) >= 11 is 0. The van der Waals surface area contributed by atoms with Gasteiger partial charge in [-0.15, -0.1) is 0 Å². The van der Waals surface area contributed by atoms with E-state index < -0.39 is 34.6 Å². The molecule has 0 fully saturated rings. The van der Waals surface area contributed by atoms with E-state index in [4.69, 9.17) is 0 Å². The molecule has 1 amide bonds. The third kappa shape index (κ3) is 3.64. The van der Waals surface area contributed by atoms with Crippen LogP contribution in [0.5, 0.6) is 0 Å².